The maximum absolute atomic E-state index is 12.8. The Bertz CT molecular complexity index is 1470. The first kappa shape index (κ1) is 22.6. The Balaban J connectivity index is 1.60. The Morgan fingerprint density at radius 1 is 0.882 bits per heavy atom. The molecule has 0 aliphatic carbocycles. The lowest BCUT2D eigenvalue weighted by atomic mass is 10.1. The number of nitrogens with zero attached hydrogens (tertiary/aromatic N) is 2. The van der Waals surface area contributed by atoms with Crippen LogP contribution >= 0.6 is 0 Å². The number of amides is 2. The van der Waals surface area contributed by atoms with Crippen molar-refractivity contribution in [3.63, 3.8) is 0 Å². The monoisotopic (exact) mass is 448 g/mol. The van der Waals surface area contributed by atoms with E-state index in [-0.39, 0.29) is 11.5 Å². The van der Waals surface area contributed by atoms with Crippen molar-refractivity contribution in [2.75, 3.05) is 10.6 Å². The molecule has 6 nitrogen and oxygen atoms in total. The quantitative estimate of drug-likeness (QED) is 0.301. The van der Waals surface area contributed by atoms with E-state index >= 15 is 0 Å². The number of rotatable bonds is 5. The highest BCUT2D eigenvalue weighted by Crippen LogP contribution is 2.25. The minimum Gasteiger partial charge on any atom is -0.326 e. The van der Waals surface area contributed by atoms with Crippen molar-refractivity contribution in [1.29, 1.82) is 5.26 Å². The van der Waals surface area contributed by atoms with E-state index in [4.69, 9.17) is 0 Å². The molecule has 0 unspecified atom stereocenters. The molecule has 2 amide bonds. The van der Waals surface area contributed by atoms with Crippen molar-refractivity contribution in [3.05, 3.63) is 95.3 Å². The van der Waals surface area contributed by atoms with Crippen LogP contribution in [0.4, 0.5) is 11.4 Å². The van der Waals surface area contributed by atoms with E-state index in [1.807, 2.05) is 97.3 Å². The van der Waals surface area contributed by atoms with Gasteiger partial charge in [0.1, 0.15) is 11.6 Å². The van der Waals surface area contributed by atoms with Gasteiger partial charge in [0.05, 0.1) is 0 Å². The molecule has 0 aliphatic heterocycles. The van der Waals surface area contributed by atoms with Crippen LogP contribution in [-0.2, 0) is 9.59 Å². The third kappa shape index (κ3) is 4.74. The molecule has 0 spiro atoms. The minimum absolute atomic E-state index is 0.0226. The van der Waals surface area contributed by atoms with Gasteiger partial charge >= 0.3 is 0 Å². The van der Waals surface area contributed by atoms with Crippen LogP contribution in [0.3, 0.4) is 0 Å². The Labute approximate surface area is 198 Å². The highest BCUT2D eigenvalue weighted by molar-refractivity contribution is 6.10. The van der Waals surface area contributed by atoms with Gasteiger partial charge in [-0.15, -0.1) is 0 Å². The molecule has 0 bridgehead atoms. The lowest BCUT2D eigenvalue weighted by Crippen LogP contribution is -2.13. The zero-order valence-electron chi connectivity index (χ0n) is 19.2. The number of aromatic nitrogens is 1. The molecule has 3 aromatic carbocycles. The van der Waals surface area contributed by atoms with Gasteiger partial charge in [-0.25, -0.2) is 0 Å². The highest BCUT2D eigenvalue weighted by Gasteiger charge is 2.14. The van der Waals surface area contributed by atoms with E-state index in [1.165, 1.54) is 6.92 Å². The van der Waals surface area contributed by atoms with Crippen LogP contribution < -0.4 is 10.6 Å². The van der Waals surface area contributed by atoms with E-state index in [1.54, 1.807) is 6.08 Å². The summed E-state index contributed by atoms with van der Waals surface area (Å²) in [7, 11) is 0. The molecule has 0 saturated carbocycles. The molecule has 0 fully saturated rings. The summed E-state index contributed by atoms with van der Waals surface area (Å²) in [5.41, 5.74) is 4.94. The highest BCUT2D eigenvalue weighted by atomic mass is 16.2. The molecule has 0 saturated heterocycles. The van der Waals surface area contributed by atoms with Crippen molar-refractivity contribution in [1.82, 2.24) is 4.57 Å². The third-order valence-electron chi connectivity index (χ3n) is 5.59. The summed E-state index contributed by atoms with van der Waals surface area (Å²) in [6, 6.07) is 25.0. The van der Waals surface area contributed by atoms with E-state index in [2.05, 4.69) is 10.6 Å². The van der Waals surface area contributed by atoms with Crippen molar-refractivity contribution in [3.8, 4) is 11.8 Å². The van der Waals surface area contributed by atoms with E-state index < -0.39 is 5.91 Å². The number of hydrogen-bond acceptors (Lipinski definition) is 3. The van der Waals surface area contributed by atoms with Gasteiger partial charge in [0, 0.05) is 35.4 Å². The maximum Gasteiger partial charge on any atom is 0.266 e. The second-order valence-electron chi connectivity index (χ2n) is 8.08. The van der Waals surface area contributed by atoms with Crippen molar-refractivity contribution in [2.45, 2.75) is 20.8 Å². The molecule has 34 heavy (non-hydrogen) atoms. The Hall–Kier alpha value is -4.63. The Kier molecular flexibility index (Phi) is 6.28. The summed E-state index contributed by atoms with van der Waals surface area (Å²) in [6.45, 7) is 5.37. The molecule has 0 atom stereocenters. The normalized spacial score (nSPS) is 11.2. The minimum atomic E-state index is -0.456. The first-order valence-corrected chi connectivity index (χ1v) is 10.8. The largest absolute Gasteiger partial charge is 0.326 e. The van der Waals surface area contributed by atoms with Gasteiger partial charge in [-0.3, -0.25) is 9.59 Å². The number of aryl methyl sites for hydroxylation is 1. The lowest BCUT2D eigenvalue weighted by Gasteiger charge is -2.11. The van der Waals surface area contributed by atoms with Gasteiger partial charge in [0.25, 0.3) is 5.91 Å². The number of nitriles is 1. The first-order valence-electron chi connectivity index (χ1n) is 10.8. The zero-order valence-corrected chi connectivity index (χ0v) is 19.2. The SMILES string of the molecule is CC(=O)Nc1ccc(-n2c(C)cc(/C=C(\C#N)C(=O)Nc3ccc4ccccc4c3)c2C)cc1. The molecule has 2 N–H and O–H groups in total. The average Bonchev–Trinajstić information content (AvgIpc) is 3.10. The number of hydrogen-bond donors (Lipinski definition) is 2. The van der Waals surface area contributed by atoms with Gasteiger partial charge in [-0.05, 0) is 78.7 Å². The Morgan fingerprint density at radius 2 is 1.56 bits per heavy atom. The fraction of sp³-hybridized carbons (Fsp3) is 0.107. The molecular formula is C28H24N4O2. The summed E-state index contributed by atoms with van der Waals surface area (Å²) in [5, 5.41) is 17.3. The van der Waals surface area contributed by atoms with E-state index in [0.29, 0.717) is 5.69 Å². The predicted octanol–water partition coefficient (Wildman–Crippen LogP) is 5.75. The van der Waals surface area contributed by atoms with Crippen LogP contribution in [0.5, 0.6) is 0 Å². The van der Waals surface area contributed by atoms with Crippen molar-refractivity contribution >= 4 is 40.0 Å². The number of benzene rings is 3. The number of nitrogens with one attached hydrogen (secondary N) is 2. The van der Waals surface area contributed by atoms with Gasteiger partial charge in [-0.2, -0.15) is 5.26 Å². The predicted molar refractivity (Wildman–Crippen MR) is 136 cm³/mol. The molecule has 0 radical (unpaired) electrons. The van der Waals surface area contributed by atoms with Crippen LogP contribution in [0.25, 0.3) is 22.5 Å². The zero-order chi connectivity index (χ0) is 24.2. The van der Waals surface area contributed by atoms with Crippen LogP contribution in [0.2, 0.25) is 0 Å². The number of carbonyl (C=O) groups excluding carboxylic acids is 2. The molecule has 4 rings (SSSR count). The second kappa shape index (κ2) is 9.47. The summed E-state index contributed by atoms with van der Waals surface area (Å²) in [5.74, 6) is -0.582. The summed E-state index contributed by atoms with van der Waals surface area (Å²) in [4.78, 5) is 24.1. The summed E-state index contributed by atoms with van der Waals surface area (Å²) < 4.78 is 2.04. The second-order valence-corrected chi connectivity index (χ2v) is 8.08. The van der Waals surface area contributed by atoms with Gasteiger partial charge in [0.15, 0.2) is 0 Å². The molecule has 6 heteroatoms. The summed E-state index contributed by atoms with van der Waals surface area (Å²) >= 11 is 0. The molecular weight excluding hydrogens is 424 g/mol. The maximum atomic E-state index is 12.8. The fourth-order valence-corrected chi connectivity index (χ4v) is 4.00. The van der Waals surface area contributed by atoms with Crippen LogP contribution in [0.15, 0.2) is 78.4 Å². The topological polar surface area (TPSA) is 86.9 Å². The molecule has 168 valence electrons. The van der Waals surface area contributed by atoms with Gasteiger partial charge in [0.2, 0.25) is 5.91 Å². The molecule has 1 heterocycles. The summed E-state index contributed by atoms with van der Waals surface area (Å²) in [6.07, 6.45) is 1.61. The molecule has 4 aromatic rings. The standard InChI is InChI=1S/C28H24N4O2/c1-18-14-23(19(2)32(18)27-12-10-25(11-13-27)30-20(3)33)15-24(17-29)28(34)31-26-9-8-21-6-4-5-7-22(21)16-26/h4-16H,1-3H3,(H,30,33)(H,31,34)/b24-15+. The van der Waals surface area contributed by atoms with Gasteiger partial charge < -0.3 is 15.2 Å². The van der Waals surface area contributed by atoms with Crippen molar-refractivity contribution in [2.24, 2.45) is 0 Å². The van der Waals surface area contributed by atoms with Gasteiger partial charge in [-0.1, -0.05) is 30.3 Å². The van der Waals surface area contributed by atoms with Crippen molar-refractivity contribution < 1.29 is 9.59 Å². The lowest BCUT2D eigenvalue weighted by molar-refractivity contribution is -0.114. The van der Waals surface area contributed by atoms with E-state index in [9.17, 15) is 14.9 Å². The van der Waals surface area contributed by atoms with Crippen LogP contribution in [0.1, 0.15) is 23.9 Å². The smallest absolute Gasteiger partial charge is 0.266 e. The number of anilines is 2. The Morgan fingerprint density at radius 3 is 2.24 bits per heavy atom. The van der Waals surface area contributed by atoms with E-state index in [0.717, 1.165) is 39.1 Å². The fourth-order valence-electron chi connectivity index (χ4n) is 4.00. The van der Waals surface area contributed by atoms with Crippen LogP contribution in [-0.4, -0.2) is 16.4 Å². The first-order chi connectivity index (χ1) is 16.4. The molecule has 0 aliphatic rings. The average molecular weight is 449 g/mol. The number of carbonyl (C=O) groups is 2. The van der Waals surface area contributed by atoms with Crippen LogP contribution in [0, 0.1) is 25.2 Å². The molecule has 1 aromatic heterocycles. The third-order valence-corrected chi connectivity index (χ3v) is 5.59. The number of fused-ring (bicyclic) bond motifs is 1.